The van der Waals surface area contributed by atoms with Crippen LogP contribution < -0.4 is 10.2 Å². The minimum atomic E-state index is -0.389. The van der Waals surface area contributed by atoms with Crippen molar-refractivity contribution in [3.8, 4) is 0 Å². The van der Waals surface area contributed by atoms with Gasteiger partial charge in [-0.05, 0) is 23.6 Å². The maximum Gasteiger partial charge on any atom is 0.269 e. The smallest absolute Gasteiger partial charge is 0.269 e. The number of carbonyl (C=O) groups is 1. The van der Waals surface area contributed by atoms with Gasteiger partial charge in [0.25, 0.3) is 5.69 Å². The molecule has 0 radical (unpaired) electrons. The van der Waals surface area contributed by atoms with E-state index in [1.54, 1.807) is 12.1 Å². The van der Waals surface area contributed by atoms with Crippen molar-refractivity contribution >= 4 is 17.3 Å². The number of carbonyl (C=O) groups excluding carboxylic acids is 1. The van der Waals surface area contributed by atoms with Gasteiger partial charge in [-0.1, -0.05) is 44.2 Å². The summed E-state index contributed by atoms with van der Waals surface area (Å²) >= 11 is 0. The Hall–Kier alpha value is -2.93. The molecule has 7 heteroatoms. The molecule has 29 heavy (non-hydrogen) atoms. The number of amides is 1. The number of piperazine rings is 1. The van der Waals surface area contributed by atoms with Crippen LogP contribution in [0.1, 0.15) is 25.5 Å². The average molecular weight is 396 g/mol. The van der Waals surface area contributed by atoms with Crippen LogP contribution in [0.3, 0.4) is 0 Å². The summed E-state index contributed by atoms with van der Waals surface area (Å²) in [5, 5.41) is 14.0. The minimum Gasteiger partial charge on any atom is -0.369 e. The number of anilines is 1. The van der Waals surface area contributed by atoms with E-state index in [-0.39, 0.29) is 22.6 Å². The number of benzene rings is 2. The number of nitro benzene ring substituents is 1. The lowest BCUT2D eigenvalue weighted by Crippen LogP contribution is -2.50. The second-order valence-corrected chi connectivity index (χ2v) is 7.74. The lowest BCUT2D eigenvalue weighted by molar-refractivity contribution is -0.384. The van der Waals surface area contributed by atoms with Crippen LogP contribution in [0.15, 0.2) is 54.6 Å². The highest BCUT2D eigenvalue weighted by Crippen LogP contribution is 2.22. The van der Waals surface area contributed by atoms with Crippen molar-refractivity contribution in [1.29, 1.82) is 0 Å². The number of hydrogen-bond acceptors (Lipinski definition) is 5. The van der Waals surface area contributed by atoms with Gasteiger partial charge in [0.1, 0.15) is 0 Å². The van der Waals surface area contributed by atoms with Crippen LogP contribution in [0.25, 0.3) is 0 Å². The van der Waals surface area contributed by atoms with Gasteiger partial charge in [0.15, 0.2) is 0 Å². The number of nitrogens with one attached hydrogen (secondary N) is 1. The van der Waals surface area contributed by atoms with E-state index in [0.29, 0.717) is 12.5 Å². The molecule has 2 aromatic carbocycles. The summed E-state index contributed by atoms with van der Waals surface area (Å²) < 4.78 is 0. The van der Waals surface area contributed by atoms with Crippen molar-refractivity contribution in [2.45, 2.75) is 19.9 Å². The summed E-state index contributed by atoms with van der Waals surface area (Å²) in [4.78, 5) is 27.4. The van der Waals surface area contributed by atoms with E-state index < -0.39 is 0 Å². The zero-order valence-corrected chi connectivity index (χ0v) is 17.0. The molecule has 7 nitrogen and oxygen atoms in total. The molecule has 1 fully saturated rings. The lowest BCUT2D eigenvalue weighted by atomic mass is 9.96. The highest BCUT2D eigenvalue weighted by molar-refractivity contribution is 5.78. The normalized spacial score (nSPS) is 15.9. The number of nitrogens with zero attached hydrogens (tertiary/aromatic N) is 3. The van der Waals surface area contributed by atoms with Gasteiger partial charge in [-0.25, -0.2) is 0 Å². The van der Waals surface area contributed by atoms with Gasteiger partial charge in [-0.15, -0.1) is 0 Å². The molecule has 0 aliphatic carbocycles. The highest BCUT2D eigenvalue weighted by Gasteiger charge is 2.22. The van der Waals surface area contributed by atoms with Gasteiger partial charge in [0.2, 0.25) is 5.91 Å². The first-order valence-corrected chi connectivity index (χ1v) is 10.00. The SMILES string of the molecule is CC(C)C(NC(=O)CN1CCN(c2ccc([N+](=O)[O-])cc2)CC1)c1ccccc1. The standard InChI is InChI=1S/C22H28N4O3/c1-17(2)22(18-6-4-3-5-7-18)23-21(27)16-24-12-14-25(15-13-24)19-8-10-20(11-9-19)26(28)29/h3-11,17,22H,12-16H2,1-2H3,(H,23,27). The second-order valence-electron chi connectivity index (χ2n) is 7.74. The van der Waals surface area contributed by atoms with Crippen LogP contribution in [0.2, 0.25) is 0 Å². The highest BCUT2D eigenvalue weighted by atomic mass is 16.6. The average Bonchev–Trinajstić information content (AvgIpc) is 2.73. The van der Waals surface area contributed by atoms with Gasteiger partial charge < -0.3 is 10.2 Å². The van der Waals surface area contributed by atoms with Crippen molar-refractivity contribution in [2.75, 3.05) is 37.6 Å². The molecule has 1 aliphatic rings. The molecule has 0 aromatic heterocycles. The molecule has 3 rings (SSSR count). The molecule has 0 saturated carbocycles. The molecule has 0 spiro atoms. The molecule has 1 amide bonds. The molecule has 1 saturated heterocycles. The van der Waals surface area contributed by atoms with E-state index in [0.717, 1.165) is 37.4 Å². The molecule has 1 unspecified atom stereocenters. The van der Waals surface area contributed by atoms with E-state index in [9.17, 15) is 14.9 Å². The van der Waals surface area contributed by atoms with Crippen LogP contribution in [-0.2, 0) is 4.79 Å². The molecule has 154 valence electrons. The maximum atomic E-state index is 12.6. The molecule has 1 heterocycles. The third-order valence-electron chi connectivity index (χ3n) is 5.31. The maximum absolute atomic E-state index is 12.6. The van der Waals surface area contributed by atoms with Crippen molar-refractivity contribution in [3.63, 3.8) is 0 Å². The first-order valence-electron chi connectivity index (χ1n) is 10.00. The Labute approximate surface area is 171 Å². The molecule has 1 atom stereocenters. The lowest BCUT2D eigenvalue weighted by Gasteiger charge is -2.36. The number of hydrogen-bond donors (Lipinski definition) is 1. The second kappa shape index (κ2) is 9.52. The van der Waals surface area contributed by atoms with Crippen molar-refractivity contribution in [2.24, 2.45) is 5.92 Å². The monoisotopic (exact) mass is 396 g/mol. The van der Waals surface area contributed by atoms with Gasteiger partial charge in [0, 0.05) is 44.0 Å². The predicted molar refractivity (Wildman–Crippen MR) is 114 cm³/mol. The zero-order chi connectivity index (χ0) is 20.8. The Balaban J connectivity index is 1.51. The zero-order valence-electron chi connectivity index (χ0n) is 17.0. The van der Waals surface area contributed by atoms with Crippen LogP contribution in [0.5, 0.6) is 0 Å². The summed E-state index contributed by atoms with van der Waals surface area (Å²) in [5.74, 6) is 0.344. The molecule has 2 aromatic rings. The molecule has 0 bridgehead atoms. The molecule has 1 N–H and O–H groups in total. The van der Waals surface area contributed by atoms with E-state index in [1.807, 2.05) is 30.3 Å². The molecule has 1 aliphatic heterocycles. The van der Waals surface area contributed by atoms with Gasteiger partial charge in [-0.2, -0.15) is 0 Å². The van der Waals surface area contributed by atoms with Gasteiger partial charge in [0.05, 0.1) is 17.5 Å². The quantitative estimate of drug-likeness (QED) is 0.574. The fourth-order valence-electron chi connectivity index (χ4n) is 3.67. The summed E-state index contributed by atoms with van der Waals surface area (Å²) in [5.41, 5.74) is 2.20. The Morgan fingerprint density at radius 3 is 2.21 bits per heavy atom. The van der Waals surface area contributed by atoms with E-state index in [2.05, 4.69) is 29.0 Å². The van der Waals surface area contributed by atoms with Crippen LogP contribution in [0.4, 0.5) is 11.4 Å². The van der Waals surface area contributed by atoms with Gasteiger partial charge in [-0.3, -0.25) is 19.8 Å². The van der Waals surface area contributed by atoms with Gasteiger partial charge >= 0.3 is 0 Å². The third kappa shape index (κ3) is 5.54. The Kier molecular flexibility index (Phi) is 6.82. The van der Waals surface area contributed by atoms with Crippen molar-refractivity contribution < 1.29 is 9.72 Å². The third-order valence-corrected chi connectivity index (χ3v) is 5.31. The fraction of sp³-hybridized carbons (Fsp3) is 0.409. The molecular formula is C22H28N4O3. The number of rotatable bonds is 7. The summed E-state index contributed by atoms with van der Waals surface area (Å²) in [6, 6.07) is 16.7. The van der Waals surface area contributed by atoms with Crippen LogP contribution in [0, 0.1) is 16.0 Å². The predicted octanol–water partition coefficient (Wildman–Crippen LogP) is 3.23. The summed E-state index contributed by atoms with van der Waals surface area (Å²) in [6.45, 7) is 7.74. The van der Waals surface area contributed by atoms with E-state index in [4.69, 9.17) is 0 Å². The van der Waals surface area contributed by atoms with Crippen molar-refractivity contribution in [1.82, 2.24) is 10.2 Å². The van der Waals surface area contributed by atoms with E-state index >= 15 is 0 Å². The number of nitro groups is 1. The first-order chi connectivity index (χ1) is 13.9. The summed E-state index contributed by atoms with van der Waals surface area (Å²) in [7, 11) is 0. The summed E-state index contributed by atoms with van der Waals surface area (Å²) in [6.07, 6.45) is 0. The van der Waals surface area contributed by atoms with Crippen LogP contribution >= 0.6 is 0 Å². The Morgan fingerprint density at radius 1 is 1.03 bits per heavy atom. The van der Waals surface area contributed by atoms with E-state index in [1.165, 1.54) is 12.1 Å². The van der Waals surface area contributed by atoms with Crippen molar-refractivity contribution in [3.05, 3.63) is 70.3 Å². The Bertz CT molecular complexity index is 816. The molecular weight excluding hydrogens is 368 g/mol. The first kappa shape index (κ1) is 20.8. The van der Waals surface area contributed by atoms with Crippen LogP contribution in [-0.4, -0.2) is 48.5 Å². The number of non-ortho nitro benzene ring substituents is 1. The largest absolute Gasteiger partial charge is 0.369 e. The topological polar surface area (TPSA) is 78.7 Å². The fourth-order valence-corrected chi connectivity index (χ4v) is 3.67. The minimum absolute atomic E-state index is 0.00472. The Morgan fingerprint density at radius 2 is 1.66 bits per heavy atom.